The van der Waals surface area contributed by atoms with Crippen molar-refractivity contribution in [2.24, 2.45) is 12.8 Å². The van der Waals surface area contributed by atoms with E-state index in [2.05, 4.69) is 15.2 Å². The third kappa shape index (κ3) is 4.94. The van der Waals surface area contributed by atoms with Crippen LogP contribution in [0.15, 0.2) is 52.9 Å². The van der Waals surface area contributed by atoms with Crippen molar-refractivity contribution in [3.05, 3.63) is 59.7 Å². The normalized spacial score (nSPS) is 15.0. The topological polar surface area (TPSA) is 147 Å². The van der Waals surface area contributed by atoms with Gasteiger partial charge in [0.1, 0.15) is 16.9 Å². The Bertz CT molecular complexity index is 1250. The summed E-state index contributed by atoms with van der Waals surface area (Å²) in [5.74, 6) is -0.147. The Hall–Kier alpha value is -3.16. The SMILES string of the molecule is Cn1cc(S(=O)(=O)N2CCN(C(=O)c3ccc(CSc4ncn[nH]4)cc3)CC2)cc1C(N)=O. The van der Waals surface area contributed by atoms with Crippen LogP contribution >= 0.6 is 11.8 Å². The maximum Gasteiger partial charge on any atom is 0.265 e. The summed E-state index contributed by atoms with van der Waals surface area (Å²) in [6.07, 6.45) is 2.82. The minimum atomic E-state index is -3.79. The number of hydrogen-bond acceptors (Lipinski definition) is 7. The van der Waals surface area contributed by atoms with Gasteiger partial charge in [-0.05, 0) is 23.8 Å². The molecule has 1 saturated heterocycles. The van der Waals surface area contributed by atoms with E-state index in [0.717, 1.165) is 10.7 Å². The van der Waals surface area contributed by atoms with Gasteiger partial charge in [-0.2, -0.15) is 9.40 Å². The number of nitrogens with zero attached hydrogens (tertiary/aromatic N) is 5. The van der Waals surface area contributed by atoms with Crippen LogP contribution in [0.25, 0.3) is 0 Å². The van der Waals surface area contributed by atoms with Crippen LogP contribution in [0.4, 0.5) is 0 Å². The molecule has 1 aliphatic heterocycles. The lowest BCUT2D eigenvalue weighted by Crippen LogP contribution is -2.50. The van der Waals surface area contributed by atoms with Crippen molar-refractivity contribution in [1.82, 2.24) is 29.0 Å². The molecule has 0 unspecified atom stereocenters. The monoisotopic (exact) mass is 489 g/mol. The summed E-state index contributed by atoms with van der Waals surface area (Å²) in [7, 11) is -2.23. The molecule has 0 aliphatic carbocycles. The van der Waals surface area contributed by atoms with Gasteiger partial charge in [0.05, 0.1) is 0 Å². The number of carbonyl (C=O) groups is 2. The van der Waals surface area contributed by atoms with Crippen molar-refractivity contribution in [3.8, 4) is 0 Å². The van der Waals surface area contributed by atoms with E-state index in [4.69, 9.17) is 5.73 Å². The van der Waals surface area contributed by atoms with E-state index in [1.807, 2.05) is 12.1 Å². The predicted molar refractivity (Wildman–Crippen MR) is 121 cm³/mol. The lowest BCUT2D eigenvalue weighted by Gasteiger charge is -2.33. The molecule has 1 aromatic carbocycles. The number of carbonyl (C=O) groups excluding carboxylic acids is 2. The quantitative estimate of drug-likeness (QED) is 0.464. The van der Waals surface area contributed by atoms with Crippen LogP contribution in [0, 0.1) is 0 Å². The second kappa shape index (κ2) is 9.37. The average Bonchev–Trinajstić information content (AvgIpc) is 3.47. The lowest BCUT2D eigenvalue weighted by molar-refractivity contribution is 0.0697. The van der Waals surface area contributed by atoms with Crippen LogP contribution in [0.2, 0.25) is 0 Å². The number of sulfonamides is 1. The first-order chi connectivity index (χ1) is 15.8. The lowest BCUT2D eigenvalue weighted by atomic mass is 10.1. The van der Waals surface area contributed by atoms with Crippen LogP contribution in [0.5, 0.6) is 0 Å². The number of thioether (sulfide) groups is 1. The number of aromatic nitrogens is 4. The van der Waals surface area contributed by atoms with E-state index < -0.39 is 15.9 Å². The molecule has 2 amide bonds. The minimum Gasteiger partial charge on any atom is -0.364 e. The average molecular weight is 490 g/mol. The molecular formula is C20H23N7O4S2. The van der Waals surface area contributed by atoms with Crippen LogP contribution in [-0.4, -0.2) is 75.4 Å². The molecule has 0 radical (unpaired) electrons. The van der Waals surface area contributed by atoms with Crippen LogP contribution in [0.3, 0.4) is 0 Å². The highest BCUT2D eigenvalue weighted by Crippen LogP contribution is 2.22. The molecule has 0 spiro atoms. The Balaban J connectivity index is 1.35. The Morgan fingerprint density at radius 2 is 1.85 bits per heavy atom. The Morgan fingerprint density at radius 3 is 2.42 bits per heavy atom. The first-order valence-corrected chi connectivity index (χ1v) is 12.5. The second-order valence-electron chi connectivity index (χ2n) is 7.51. The van der Waals surface area contributed by atoms with Crippen molar-refractivity contribution in [2.45, 2.75) is 15.8 Å². The summed E-state index contributed by atoms with van der Waals surface area (Å²) in [5, 5.41) is 7.32. The first-order valence-electron chi connectivity index (χ1n) is 10.1. The van der Waals surface area contributed by atoms with Crippen molar-refractivity contribution < 1.29 is 18.0 Å². The fourth-order valence-corrected chi connectivity index (χ4v) is 5.77. The van der Waals surface area contributed by atoms with E-state index in [1.165, 1.54) is 39.2 Å². The maximum absolute atomic E-state index is 13.0. The molecule has 13 heteroatoms. The van der Waals surface area contributed by atoms with E-state index >= 15 is 0 Å². The number of hydrogen-bond donors (Lipinski definition) is 2. The van der Waals surface area contributed by atoms with Gasteiger partial charge in [-0.25, -0.2) is 13.4 Å². The highest BCUT2D eigenvalue weighted by atomic mass is 32.2. The highest BCUT2D eigenvalue weighted by Gasteiger charge is 2.31. The molecule has 0 bridgehead atoms. The smallest absolute Gasteiger partial charge is 0.265 e. The summed E-state index contributed by atoms with van der Waals surface area (Å²) in [5.41, 5.74) is 6.99. The van der Waals surface area contributed by atoms with Crippen molar-refractivity contribution in [1.29, 1.82) is 0 Å². The van der Waals surface area contributed by atoms with Gasteiger partial charge in [0.15, 0.2) is 5.16 Å². The number of piperazine rings is 1. The summed E-state index contributed by atoms with van der Waals surface area (Å²) in [6.45, 7) is 0.884. The van der Waals surface area contributed by atoms with Crippen molar-refractivity contribution in [3.63, 3.8) is 0 Å². The molecule has 11 nitrogen and oxygen atoms in total. The molecule has 0 atom stereocenters. The third-order valence-electron chi connectivity index (χ3n) is 5.37. The molecule has 1 aliphatic rings. The molecule has 4 rings (SSSR count). The fourth-order valence-electron chi connectivity index (χ4n) is 3.54. The van der Waals surface area contributed by atoms with E-state index in [-0.39, 0.29) is 42.7 Å². The van der Waals surface area contributed by atoms with Gasteiger partial charge >= 0.3 is 0 Å². The van der Waals surface area contributed by atoms with Gasteiger partial charge in [0.2, 0.25) is 10.0 Å². The largest absolute Gasteiger partial charge is 0.364 e. The molecule has 1 fully saturated rings. The number of aromatic amines is 1. The summed E-state index contributed by atoms with van der Waals surface area (Å²) in [4.78, 5) is 30.0. The first kappa shape index (κ1) is 23.0. The summed E-state index contributed by atoms with van der Waals surface area (Å²) < 4.78 is 28.6. The van der Waals surface area contributed by atoms with E-state index in [0.29, 0.717) is 11.3 Å². The predicted octanol–water partition coefficient (Wildman–Crippen LogP) is 0.681. The number of aryl methyl sites for hydroxylation is 1. The maximum atomic E-state index is 13.0. The Labute approximate surface area is 195 Å². The zero-order valence-electron chi connectivity index (χ0n) is 17.8. The Kier molecular flexibility index (Phi) is 6.54. The number of H-pyrrole nitrogens is 1. The van der Waals surface area contributed by atoms with Gasteiger partial charge in [-0.3, -0.25) is 14.7 Å². The zero-order valence-corrected chi connectivity index (χ0v) is 19.5. The summed E-state index contributed by atoms with van der Waals surface area (Å²) >= 11 is 1.51. The minimum absolute atomic E-state index is 0.0114. The standard InChI is InChI=1S/C20H23N7O4S2/c1-25-11-16(10-17(25)18(21)28)33(30,31)27-8-6-26(7-9-27)19(29)15-4-2-14(3-5-15)12-32-20-22-13-23-24-20/h2-5,10-11,13H,6-9,12H2,1H3,(H2,21,28)(H,22,23,24). The van der Waals surface area contributed by atoms with Gasteiger partial charge < -0.3 is 15.2 Å². The number of primary amides is 1. The molecule has 2 aromatic heterocycles. The summed E-state index contributed by atoms with van der Waals surface area (Å²) in [6, 6.07) is 8.61. The molecule has 3 N–H and O–H groups in total. The highest BCUT2D eigenvalue weighted by molar-refractivity contribution is 7.98. The van der Waals surface area contributed by atoms with Crippen molar-refractivity contribution >= 4 is 33.6 Å². The van der Waals surface area contributed by atoms with Gasteiger partial charge in [-0.1, -0.05) is 23.9 Å². The number of nitrogens with two attached hydrogens (primary N) is 1. The van der Waals surface area contributed by atoms with Gasteiger partial charge in [0, 0.05) is 50.7 Å². The molecule has 3 heterocycles. The second-order valence-corrected chi connectivity index (χ2v) is 10.4. The fraction of sp³-hybridized carbons (Fsp3) is 0.300. The van der Waals surface area contributed by atoms with E-state index in [1.54, 1.807) is 24.1 Å². The number of amides is 2. The third-order valence-corrected chi connectivity index (χ3v) is 8.18. The molecule has 3 aromatic rings. The van der Waals surface area contributed by atoms with Gasteiger partial charge in [-0.15, -0.1) is 0 Å². The van der Waals surface area contributed by atoms with E-state index in [9.17, 15) is 18.0 Å². The number of nitrogens with one attached hydrogen (secondary N) is 1. The van der Waals surface area contributed by atoms with Crippen LogP contribution < -0.4 is 5.73 Å². The molecule has 33 heavy (non-hydrogen) atoms. The number of benzene rings is 1. The number of rotatable bonds is 7. The van der Waals surface area contributed by atoms with Gasteiger partial charge in [0.25, 0.3) is 11.8 Å². The molecular weight excluding hydrogens is 466 g/mol. The molecule has 0 saturated carbocycles. The van der Waals surface area contributed by atoms with Crippen LogP contribution in [-0.2, 0) is 22.8 Å². The zero-order chi connectivity index (χ0) is 23.6. The van der Waals surface area contributed by atoms with Crippen LogP contribution in [0.1, 0.15) is 26.4 Å². The van der Waals surface area contributed by atoms with Crippen molar-refractivity contribution in [2.75, 3.05) is 26.2 Å². The molecule has 174 valence electrons. The Morgan fingerprint density at radius 1 is 1.15 bits per heavy atom.